The van der Waals surface area contributed by atoms with Crippen LogP contribution in [0.3, 0.4) is 0 Å². The van der Waals surface area contributed by atoms with Crippen LogP contribution in [-0.4, -0.2) is 95.1 Å². The smallest absolute Gasteiger partial charge is 0.289 e. The van der Waals surface area contributed by atoms with E-state index in [1.54, 1.807) is 21.1 Å². The first kappa shape index (κ1) is 25.7. The molecule has 206 valence electrons. The number of piperidine rings is 1. The molecule has 2 aliphatic heterocycles. The first-order chi connectivity index (χ1) is 18.8. The first-order valence-electron chi connectivity index (χ1n) is 13.4. The Hall–Kier alpha value is -3.61. The lowest BCUT2D eigenvalue weighted by molar-refractivity contribution is -0.0110. The van der Waals surface area contributed by atoms with Crippen molar-refractivity contribution in [1.29, 1.82) is 0 Å². The molecule has 2 saturated heterocycles. The number of morpholine rings is 1. The fourth-order valence-corrected chi connectivity index (χ4v) is 5.66. The van der Waals surface area contributed by atoms with E-state index >= 15 is 0 Å². The predicted molar refractivity (Wildman–Crippen MR) is 145 cm³/mol. The van der Waals surface area contributed by atoms with Gasteiger partial charge in [-0.15, -0.1) is 0 Å². The van der Waals surface area contributed by atoms with Gasteiger partial charge in [-0.3, -0.25) is 9.36 Å². The van der Waals surface area contributed by atoms with Crippen molar-refractivity contribution in [3.8, 4) is 5.95 Å². The molecule has 0 atom stereocenters. The summed E-state index contributed by atoms with van der Waals surface area (Å²) in [5.74, 6) is 1.68. The van der Waals surface area contributed by atoms with Gasteiger partial charge in [-0.1, -0.05) is 12.1 Å². The van der Waals surface area contributed by atoms with E-state index in [2.05, 4.69) is 9.88 Å². The van der Waals surface area contributed by atoms with Crippen LogP contribution in [0.1, 0.15) is 43.1 Å². The number of likely N-dealkylation sites (tertiary alicyclic amines) is 1. The normalized spacial score (nSPS) is 17.5. The number of rotatable bonds is 5. The van der Waals surface area contributed by atoms with Crippen molar-refractivity contribution < 1.29 is 19.7 Å². The minimum atomic E-state index is -0.767. The van der Waals surface area contributed by atoms with Gasteiger partial charge in [0.05, 0.1) is 29.8 Å². The summed E-state index contributed by atoms with van der Waals surface area (Å²) in [6, 6.07) is 7.60. The van der Waals surface area contributed by atoms with Gasteiger partial charge in [0.25, 0.3) is 5.91 Å². The quantitative estimate of drug-likeness (QED) is 0.392. The maximum atomic E-state index is 13.7. The highest BCUT2D eigenvalue weighted by molar-refractivity contribution is 5.96. The molecule has 3 aromatic heterocycles. The Morgan fingerprint density at radius 3 is 2.46 bits per heavy atom. The summed E-state index contributed by atoms with van der Waals surface area (Å²) in [7, 11) is 1.80. The van der Waals surface area contributed by atoms with E-state index < -0.39 is 5.60 Å². The summed E-state index contributed by atoms with van der Waals surface area (Å²) < 4.78 is 9.06. The lowest BCUT2D eigenvalue weighted by Crippen LogP contribution is -2.44. The Labute approximate surface area is 225 Å². The van der Waals surface area contributed by atoms with Crippen LogP contribution >= 0.6 is 0 Å². The summed E-state index contributed by atoms with van der Waals surface area (Å²) in [6.45, 7) is 6.89. The van der Waals surface area contributed by atoms with E-state index in [1.807, 2.05) is 38.1 Å². The molecule has 0 aliphatic carbocycles. The summed E-state index contributed by atoms with van der Waals surface area (Å²) >= 11 is 0. The van der Waals surface area contributed by atoms with Crippen molar-refractivity contribution in [2.24, 2.45) is 13.0 Å². The van der Waals surface area contributed by atoms with Crippen LogP contribution in [0.4, 0.5) is 5.82 Å². The minimum absolute atomic E-state index is 0.147. The van der Waals surface area contributed by atoms with Crippen LogP contribution in [0.15, 0.2) is 24.3 Å². The van der Waals surface area contributed by atoms with Gasteiger partial charge in [0, 0.05) is 33.2 Å². The number of aryl methyl sites for hydroxylation is 1. The fourth-order valence-electron chi connectivity index (χ4n) is 5.66. The Morgan fingerprint density at radius 2 is 1.77 bits per heavy atom. The molecule has 0 bridgehead atoms. The molecule has 2 aliphatic rings. The second kappa shape index (κ2) is 9.85. The number of para-hydroxylation sites is 2. The van der Waals surface area contributed by atoms with Crippen LogP contribution < -0.4 is 4.90 Å². The van der Waals surface area contributed by atoms with Gasteiger partial charge in [-0.25, -0.2) is 9.97 Å². The van der Waals surface area contributed by atoms with Gasteiger partial charge in [0.2, 0.25) is 11.8 Å². The number of carbonyl (C=O) groups excluding carboxylic acids is 1. The molecule has 12 nitrogen and oxygen atoms in total. The number of fused-ring (bicyclic) bond motifs is 2. The van der Waals surface area contributed by atoms with Gasteiger partial charge in [-0.2, -0.15) is 9.97 Å². The van der Waals surface area contributed by atoms with Crippen molar-refractivity contribution in [2.75, 3.05) is 44.3 Å². The van der Waals surface area contributed by atoms with Crippen molar-refractivity contribution in [3.63, 3.8) is 0 Å². The molecular formula is C27H34N8O4. The summed E-state index contributed by atoms with van der Waals surface area (Å²) in [5.41, 5.74) is 1.82. The average molecular weight is 535 g/mol. The van der Waals surface area contributed by atoms with E-state index in [0.717, 1.165) is 23.9 Å². The number of hydrogen-bond donors (Lipinski definition) is 2. The number of aliphatic hydroxyl groups excluding tert-OH is 1. The van der Waals surface area contributed by atoms with E-state index in [0.29, 0.717) is 74.0 Å². The van der Waals surface area contributed by atoms with Crippen LogP contribution in [0, 0.1) is 5.92 Å². The number of carbonyl (C=O) groups is 1. The lowest BCUT2D eigenvalue weighted by atomic mass is 9.83. The molecule has 1 aromatic carbocycles. The van der Waals surface area contributed by atoms with E-state index in [1.165, 1.54) is 0 Å². The monoisotopic (exact) mass is 534 g/mol. The number of aliphatic hydroxyl groups is 2. The number of anilines is 1. The van der Waals surface area contributed by atoms with E-state index in [-0.39, 0.29) is 18.4 Å². The van der Waals surface area contributed by atoms with Gasteiger partial charge < -0.3 is 29.3 Å². The zero-order chi connectivity index (χ0) is 27.3. The van der Waals surface area contributed by atoms with Crippen molar-refractivity contribution >= 4 is 33.9 Å². The summed E-state index contributed by atoms with van der Waals surface area (Å²) in [4.78, 5) is 36.7. The molecule has 5 heterocycles. The molecule has 1 amide bonds. The Bertz CT molecular complexity index is 1520. The highest BCUT2D eigenvalue weighted by Gasteiger charge is 2.34. The maximum Gasteiger partial charge on any atom is 0.289 e. The summed E-state index contributed by atoms with van der Waals surface area (Å²) in [6.07, 6.45) is 1.47. The Balaban J connectivity index is 1.45. The second-order valence-electron chi connectivity index (χ2n) is 10.8. The summed E-state index contributed by atoms with van der Waals surface area (Å²) in [5, 5.41) is 20.5. The van der Waals surface area contributed by atoms with Crippen LogP contribution in [-0.2, 0) is 18.4 Å². The third-order valence-corrected chi connectivity index (χ3v) is 7.94. The average Bonchev–Trinajstić information content (AvgIpc) is 3.50. The molecule has 2 N–H and O–H groups in total. The van der Waals surface area contributed by atoms with Gasteiger partial charge in [0.15, 0.2) is 17.0 Å². The number of ether oxygens (including phenoxy) is 1. The largest absolute Gasteiger partial charge is 0.390 e. The zero-order valence-corrected chi connectivity index (χ0v) is 22.5. The maximum absolute atomic E-state index is 13.7. The van der Waals surface area contributed by atoms with Crippen LogP contribution in [0.2, 0.25) is 0 Å². The van der Waals surface area contributed by atoms with Crippen molar-refractivity contribution in [2.45, 2.75) is 38.9 Å². The lowest BCUT2D eigenvalue weighted by Gasteiger charge is -2.37. The van der Waals surface area contributed by atoms with Crippen molar-refractivity contribution in [1.82, 2.24) is 34.0 Å². The molecule has 0 spiro atoms. The molecule has 39 heavy (non-hydrogen) atoms. The minimum Gasteiger partial charge on any atom is -0.390 e. The van der Waals surface area contributed by atoms with E-state index in [9.17, 15) is 15.0 Å². The molecule has 0 radical (unpaired) electrons. The van der Waals surface area contributed by atoms with Crippen LogP contribution in [0.25, 0.3) is 28.1 Å². The van der Waals surface area contributed by atoms with Crippen molar-refractivity contribution in [3.05, 3.63) is 35.9 Å². The predicted octanol–water partition coefficient (Wildman–Crippen LogP) is 1.65. The highest BCUT2D eigenvalue weighted by atomic mass is 16.5. The number of benzene rings is 1. The number of imidazole rings is 2. The molecular weight excluding hydrogens is 500 g/mol. The van der Waals surface area contributed by atoms with Gasteiger partial charge in [0.1, 0.15) is 12.4 Å². The third kappa shape index (κ3) is 4.52. The Morgan fingerprint density at radius 1 is 1.05 bits per heavy atom. The molecule has 4 aromatic rings. The number of amides is 1. The van der Waals surface area contributed by atoms with Crippen LogP contribution in [0.5, 0.6) is 0 Å². The Kier molecular flexibility index (Phi) is 6.48. The number of aromatic nitrogens is 6. The molecule has 6 rings (SSSR count). The second-order valence-corrected chi connectivity index (χ2v) is 10.8. The molecule has 2 fully saturated rings. The SMILES string of the molecule is Cn1c(C(=O)N2CCC(C(C)(C)O)CC2)nc2c(N3CCOCC3)nc(-n3c(CO)nc4ccccc43)nc21. The highest BCUT2D eigenvalue weighted by Crippen LogP contribution is 2.31. The van der Waals surface area contributed by atoms with Gasteiger partial charge in [-0.05, 0) is 44.7 Å². The number of nitrogens with zero attached hydrogens (tertiary/aromatic N) is 8. The fraction of sp³-hybridized carbons (Fsp3) is 0.519. The third-order valence-electron chi connectivity index (χ3n) is 7.94. The number of hydrogen-bond acceptors (Lipinski definition) is 9. The standard InChI is InChI=1S/C27H34N8O4/c1-27(2,38)17-8-10-34(11-9-17)25(37)24-29-21-22(32(24)3)30-26(31-23(21)33-12-14-39-15-13-33)35-19-7-5-4-6-18(19)28-20(35)16-36/h4-7,17,36,38H,8-16H2,1-3H3. The zero-order valence-electron chi connectivity index (χ0n) is 22.5. The van der Waals surface area contributed by atoms with E-state index in [4.69, 9.17) is 19.7 Å². The molecule has 12 heteroatoms. The molecule has 0 saturated carbocycles. The topological polar surface area (TPSA) is 135 Å². The first-order valence-corrected chi connectivity index (χ1v) is 13.4. The van der Waals surface area contributed by atoms with Gasteiger partial charge >= 0.3 is 0 Å². The molecule has 0 unspecified atom stereocenters.